The molecule has 0 radical (unpaired) electrons. The number of carbonyl (C=O) groups excluding carboxylic acids is 2. The van der Waals surface area contributed by atoms with Gasteiger partial charge in [0.1, 0.15) is 13.2 Å². The van der Waals surface area contributed by atoms with Gasteiger partial charge >= 0.3 is 6.09 Å². The van der Waals surface area contributed by atoms with Gasteiger partial charge in [-0.05, 0) is 23.3 Å². The van der Waals surface area contributed by atoms with Gasteiger partial charge in [-0.15, -0.1) is 0 Å². The van der Waals surface area contributed by atoms with Crippen molar-refractivity contribution in [3.63, 3.8) is 0 Å². The summed E-state index contributed by atoms with van der Waals surface area (Å²) in [4.78, 5) is 28.1. The van der Waals surface area contributed by atoms with Gasteiger partial charge in [-0.3, -0.25) is 9.69 Å². The fourth-order valence-corrected chi connectivity index (χ4v) is 3.16. The summed E-state index contributed by atoms with van der Waals surface area (Å²) in [5.41, 5.74) is 2.10. The summed E-state index contributed by atoms with van der Waals surface area (Å²) in [7, 11) is 0. The summed E-state index contributed by atoms with van der Waals surface area (Å²) in [6.07, 6.45) is -0.585. The smallest absolute Gasteiger partial charge is 0.407 e. The van der Waals surface area contributed by atoms with Crippen LogP contribution in [0.15, 0.2) is 54.6 Å². The largest absolute Gasteiger partial charge is 0.445 e. The highest BCUT2D eigenvalue weighted by Crippen LogP contribution is 2.13. The minimum atomic E-state index is -0.585. The fourth-order valence-electron chi connectivity index (χ4n) is 3.04. The summed E-state index contributed by atoms with van der Waals surface area (Å²) >= 11 is 5.91. The third kappa shape index (κ3) is 6.25. The molecular weight excluding hydrogens is 378 g/mol. The maximum atomic E-state index is 12.3. The molecule has 1 heterocycles. The Labute approximate surface area is 170 Å². The zero-order valence-corrected chi connectivity index (χ0v) is 16.4. The van der Waals surface area contributed by atoms with Crippen molar-refractivity contribution in [3.05, 3.63) is 70.7 Å². The van der Waals surface area contributed by atoms with E-state index in [1.807, 2.05) is 54.6 Å². The van der Waals surface area contributed by atoms with Gasteiger partial charge < -0.3 is 15.0 Å². The predicted molar refractivity (Wildman–Crippen MR) is 108 cm³/mol. The van der Waals surface area contributed by atoms with Gasteiger partial charge in [0.2, 0.25) is 5.91 Å². The summed E-state index contributed by atoms with van der Waals surface area (Å²) < 4.78 is 5.12. The van der Waals surface area contributed by atoms with Crippen LogP contribution in [0.5, 0.6) is 0 Å². The van der Waals surface area contributed by atoms with Crippen molar-refractivity contribution in [1.29, 1.82) is 0 Å². The normalized spacial score (nSPS) is 14.5. The number of hydrogen-bond donors (Lipinski definition) is 1. The van der Waals surface area contributed by atoms with Crippen molar-refractivity contribution >= 4 is 23.6 Å². The predicted octanol–water partition coefficient (Wildman–Crippen LogP) is 2.91. The summed E-state index contributed by atoms with van der Waals surface area (Å²) in [6, 6.07) is 17.2. The maximum Gasteiger partial charge on any atom is 0.407 e. The molecule has 2 amide bonds. The van der Waals surface area contributed by atoms with Crippen LogP contribution < -0.4 is 5.32 Å². The van der Waals surface area contributed by atoms with E-state index >= 15 is 0 Å². The summed E-state index contributed by atoms with van der Waals surface area (Å²) in [5.74, 6) is -0.0946. The third-order valence-corrected chi connectivity index (χ3v) is 4.89. The lowest BCUT2D eigenvalue weighted by atomic mass is 10.2. The molecular formula is C21H24ClN3O3. The van der Waals surface area contributed by atoms with E-state index in [0.29, 0.717) is 13.1 Å². The van der Waals surface area contributed by atoms with Crippen LogP contribution in [0.3, 0.4) is 0 Å². The number of rotatable bonds is 6. The SMILES string of the molecule is O=C(NCC(=O)N1CCN(Cc2ccc(Cl)cc2)CC1)OCc1ccccc1. The van der Waals surface area contributed by atoms with E-state index in [-0.39, 0.29) is 19.1 Å². The van der Waals surface area contributed by atoms with E-state index in [0.717, 1.165) is 30.2 Å². The van der Waals surface area contributed by atoms with E-state index in [1.165, 1.54) is 5.56 Å². The number of amides is 2. The highest BCUT2D eigenvalue weighted by atomic mass is 35.5. The van der Waals surface area contributed by atoms with E-state index in [1.54, 1.807) is 4.90 Å². The Morgan fingerprint density at radius 3 is 2.29 bits per heavy atom. The average Bonchev–Trinajstić information content (AvgIpc) is 2.73. The minimum Gasteiger partial charge on any atom is -0.445 e. The molecule has 0 aromatic heterocycles. The number of piperazine rings is 1. The average molecular weight is 402 g/mol. The van der Waals surface area contributed by atoms with Crippen molar-refractivity contribution in [2.45, 2.75) is 13.2 Å². The molecule has 3 rings (SSSR count). The lowest BCUT2D eigenvalue weighted by Crippen LogP contribution is -2.50. The summed E-state index contributed by atoms with van der Waals surface area (Å²) in [6.45, 7) is 3.86. The van der Waals surface area contributed by atoms with Crippen molar-refractivity contribution in [3.8, 4) is 0 Å². The van der Waals surface area contributed by atoms with Crippen LogP contribution in [0.1, 0.15) is 11.1 Å². The van der Waals surface area contributed by atoms with Crippen LogP contribution >= 0.6 is 11.6 Å². The Morgan fingerprint density at radius 1 is 0.929 bits per heavy atom. The number of nitrogens with one attached hydrogen (secondary N) is 1. The lowest BCUT2D eigenvalue weighted by molar-refractivity contribution is -0.132. The molecule has 0 spiro atoms. The second-order valence-electron chi connectivity index (χ2n) is 6.70. The fraction of sp³-hybridized carbons (Fsp3) is 0.333. The van der Waals surface area contributed by atoms with Crippen LogP contribution in [-0.4, -0.2) is 54.5 Å². The highest BCUT2D eigenvalue weighted by Gasteiger charge is 2.21. The Kier molecular flexibility index (Phi) is 7.28. The number of ether oxygens (including phenoxy) is 1. The molecule has 7 heteroatoms. The monoisotopic (exact) mass is 401 g/mol. The standard InChI is InChI=1S/C21H24ClN3O3/c22-19-8-6-17(7-9-19)15-24-10-12-25(13-11-24)20(26)14-23-21(27)28-16-18-4-2-1-3-5-18/h1-9H,10-16H2,(H,23,27). The molecule has 1 saturated heterocycles. The molecule has 0 bridgehead atoms. The zero-order chi connectivity index (χ0) is 19.8. The molecule has 2 aromatic rings. The van der Waals surface area contributed by atoms with Gasteiger partial charge in [0, 0.05) is 37.7 Å². The third-order valence-electron chi connectivity index (χ3n) is 4.64. The van der Waals surface area contributed by atoms with Gasteiger partial charge in [0.25, 0.3) is 0 Å². The molecule has 0 aliphatic carbocycles. The van der Waals surface area contributed by atoms with E-state index in [2.05, 4.69) is 10.2 Å². The Hall–Kier alpha value is -2.57. The van der Waals surface area contributed by atoms with Crippen molar-refractivity contribution < 1.29 is 14.3 Å². The first-order valence-electron chi connectivity index (χ1n) is 9.29. The van der Waals surface area contributed by atoms with E-state index in [9.17, 15) is 9.59 Å². The molecule has 6 nitrogen and oxygen atoms in total. The van der Waals surface area contributed by atoms with Crippen molar-refractivity contribution in [1.82, 2.24) is 15.1 Å². The Bertz CT molecular complexity index is 775. The molecule has 148 valence electrons. The zero-order valence-electron chi connectivity index (χ0n) is 15.6. The number of halogens is 1. The number of benzene rings is 2. The molecule has 1 aliphatic rings. The molecule has 28 heavy (non-hydrogen) atoms. The van der Waals surface area contributed by atoms with Crippen molar-refractivity contribution in [2.24, 2.45) is 0 Å². The minimum absolute atomic E-state index is 0.0508. The van der Waals surface area contributed by atoms with Crippen LogP contribution in [0.4, 0.5) is 4.79 Å². The first-order chi connectivity index (χ1) is 13.6. The maximum absolute atomic E-state index is 12.3. The molecule has 1 aliphatic heterocycles. The van der Waals surface area contributed by atoms with E-state index in [4.69, 9.17) is 16.3 Å². The second-order valence-corrected chi connectivity index (χ2v) is 7.14. The lowest BCUT2D eigenvalue weighted by Gasteiger charge is -2.34. The number of hydrogen-bond acceptors (Lipinski definition) is 4. The van der Waals surface area contributed by atoms with Gasteiger partial charge in [-0.1, -0.05) is 54.1 Å². The molecule has 0 unspecified atom stereocenters. The van der Waals surface area contributed by atoms with Crippen molar-refractivity contribution in [2.75, 3.05) is 32.7 Å². The van der Waals surface area contributed by atoms with Gasteiger partial charge in [-0.2, -0.15) is 0 Å². The van der Waals surface area contributed by atoms with Gasteiger partial charge in [0.15, 0.2) is 0 Å². The second kappa shape index (κ2) is 10.1. The van der Waals surface area contributed by atoms with Gasteiger partial charge in [0.05, 0.1) is 0 Å². The van der Waals surface area contributed by atoms with E-state index < -0.39 is 6.09 Å². The number of nitrogens with zero attached hydrogens (tertiary/aromatic N) is 2. The Balaban J connectivity index is 1.34. The summed E-state index contributed by atoms with van der Waals surface area (Å²) in [5, 5.41) is 3.26. The number of alkyl carbamates (subject to hydrolysis) is 1. The topological polar surface area (TPSA) is 61.9 Å². The quantitative estimate of drug-likeness (QED) is 0.808. The molecule has 1 fully saturated rings. The van der Waals surface area contributed by atoms with Crippen LogP contribution in [0.25, 0.3) is 0 Å². The first kappa shape index (κ1) is 20.2. The molecule has 0 saturated carbocycles. The molecule has 2 aromatic carbocycles. The molecule has 0 atom stereocenters. The Morgan fingerprint density at radius 2 is 1.61 bits per heavy atom. The molecule has 1 N–H and O–H groups in total. The first-order valence-corrected chi connectivity index (χ1v) is 9.67. The number of carbonyl (C=O) groups is 2. The van der Waals surface area contributed by atoms with Crippen LogP contribution in [-0.2, 0) is 22.7 Å². The van der Waals surface area contributed by atoms with Crippen LogP contribution in [0, 0.1) is 0 Å². The van der Waals surface area contributed by atoms with Gasteiger partial charge in [-0.25, -0.2) is 4.79 Å². The van der Waals surface area contributed by atoms with Crippen LogP contribution in [0.2, 0.25) is 5.02 Å². The highest BCUT2D eigenvalue weighted by molar-refractivity contribution is 6.30.